The van der Waals surface area contributed by atoms with Gasteiger partial charge in [0.2, 0.25) is 0 Å². The van der Waals surface area contributed by atoms with Gasteiger partial charge in [0.05, 0.1) is 11.4 Å². The van der Waals surface area contributed by atoms with Gasteiger partial charge in [-0.15, -0.1) is 0 Å². The summed E-state index contributed by atoms with van der Waals surface area (Å²) in [5, 5.41) is 69.0. The Morgan fingerprint density at radius 1 is 0.477 bits per heavy atom. The molecule has 5 fully saturated rings. The van der Waals surface area contributed by atoms with Crippen molar-refractivity contribution < 1.29 is 154 Å². The zero-order chi connectivity index (χ0) is 64.8. The molecule has 5 aliphatic carbocycles. The molecule has 26 heteroatoms. The molecule has 5 aliphatic rings. The SMILES string of the molecule is C=C(O)C1(C(=O)O)CCC1.C=C(O)C1(C(=O)O)CCC1.CC(C)CC(N)CN.CC(C)CC(N)c1ccccn1.CC(C)CC(N)c1ccccn1.CC(C)CC1CCC(N)C(N)C1.O=C(O)C1(C(=O)O)CCC1.O=C(O)C1(C(=O)O)CCC1.[Pt].[Pt].[Pt].[Pt]. The van der Waals surface area contributed by atoms with Crippen LogP contribution in [0.3, 0.4) is 0 Å². The van der Waals surface area contributed by atoms with Gasteiger partial charge < -0.3 is 75.3 Å². The first kappa shape index (κ1) is 93.4. The summed E-state index contributed by atoms with van der Waals surface area (Å²) >= 11 is 0. The van der Waals surface area contributed by atoms with Crippen molar-refractivity contribution in [2.45, 2.75) is 208 Å². The minimum Gasteiger partial charge on any atom is -0.512 e. The monoisotopic (exact) mass is 1970 g/mol. The Balaban J connectivity index is -0.000000297. The van der Waals surface area contributed by atoms with Gasteiger partial charge >= 0.3 is 35.8 Å². The van der Waals surface area contributed by atoms with Crippen LogP contribution in [0, 0.1) is 51.2 Å². The third-order valence-corrected chi connectivity index (χ3v) is 15.9. The van der Waals surface area contributed by atoms with Crippen LogP contribution in [0.4, 0.5) is 0 Å². The van der Waals surface area contributed by atoms with Crippen molar-refractivity contribution in [1.82, 2.24) is 9.97 Å². The molecule has 7 rings (SSSR count). The first-order valence-corrected chi connectivity index (χ1v) is 29.5. The zero-order valence-corrected chi connectivity index (χ0v) is 61.7. The number of aliphatic hydroxyl groups is 2. The van der Waals surface area contributed by atoms with Crippen LogP contribution in [0.25, 0.3) is 0 Å². The van der Waals surface area contributed by atoms with E-state index in [4.69, 9.17) is 75.3 Å². The molecular weight excluding hydrogens is 1860 g/mol. The largest absolute Gasteiger partial charge is 0.512 e. The van der Waals surface area contributed by atoms with Crippen LogP contribution in [-0.4, -0.2) is 111 Å². The molecule has 2 aromatic rings. The Labute approximate surface area is 579 Å². The van der Waals surface area contributed by atoms with Crippen LogP contribution in [-0.2, 0) is 113 Å². The van der Waals surface area contributed by atoms with Crippen LogP contribution in [0.15, 0.2) is 73.5 Å². The van der Waals surface area contributed by atoms with E-state index in [1.54, 1.807) is 12.4 Å². The summed E-state index contributed by atoms with van der Waals surface area (Å²) in [6.07, 6.45) is 17.8. The molecule has 0 saturated heterocycles. The summed E-state index contributed by atoms with van der Waals surface area (Å²) in [5.41, 5.74) is 31.6. The van der Waals surface area contributed by atoms with Crippen molar-refractivity contribution in [3.05, 3.63) is 84.9 Å². The number of carboxylic acid groups (broad SMARTS) is 6. The molecular formula is C62H106N8O14Pt4. The van der Waals surface area contributed by atoms with E-state index in [2.05, 4.69) is 78.5 Å². The van der Waals surface area contributed by atoms with Crippen LogP contribution in [0.2, 0.25) is 0 Å². The molecule has 2 aromatic heterocycles. The third kappa shape index (κ3) is 31.8. The molecule has 0 radical (unpaired) electrons. The average Bonchev–Trinajstić information content (AvgIpc) is 3.31. The molecule has 5 saturated carbocycles. The molecule has 0 bridgehead atoms. The number of carbonyl (C=O) groups is 6. The number of aliphatic hydroxyl groups excluding tert-OH is 2. The number of rotatable bonds is 19. The second-order valence-corrected chi connectivity index (χ2v) is 24.7. The Morgan fingerprint density at radius 3 is 0.920 bits per heavy atom. The van der Waals surface area contributed by atoms with Gasteiger partial charge in [-0.2, -0.15) is 0 Å². The van der Waals surface area contributed by atoms with Crippen molar-refractivity contribution in [1.29, 1.82) is 0 Å². The van der Waals surface area contributed by atoms with Crippen LogP contribution >= 0.6 is 0 Å². The summed E-state index contributed by atoms with van der Waals surface area (Å²) in [6, 6.07) is 12.6. The van der Waals surface area contributed by atoms with Crippen LogP contribution in [0.5, 0.6) is 0 Å². The molecule has 0 amide bonds. The van der Waals surface area contributed by atoms with Gasteiger partial charge in [0, 0.05) is 133 Å². The smallest absolute Gasteiger partial charge is 0.321 e. The van der Waals surface area contributed by atoms with Gasteiger partial charge in [-0.1, -0.05) is 93.5 Å². The van der Waals surface area contributed by atoms with Crippen LogP contribution < -0.4 is 34.4 Å². The van der Waals surface area contributed by atoms with E-state index >= 15 is 0 Å². The summed E-state index contributed by atoms with van der Waals surface area (Å²) in [4.78, 5) is 70.9. The Bertz CT molecular complexity index is 2040. The minimum absolute atomic E-state index is 0. The number of aliphatic carboxylic acids is 6. The fourth-order valence-electron chi connectivity index (χ4n) is 9.76. The van der Waals surface area contributed by atoms with Gasteiger partial charge in [-0.25, -0.2) is 0 Å². The molecule has 6 unspecified atom stereocenters. The molecule has 20 N–H and O–H groups in total. The fraction of sp³-hybridized carbons (Fsp3) is 0.677. The van der Waals surface area contributed by atoms with Crippen LogP contribution in [0.1, 0.15) is 201 Å². The van der Waals surface area contributed by atoms with Gasteiger partial charge in [0.15, 0.2) is 10.8 Å². The molecule has 2 heterocycles. The normalized spacial score (nSPS) is 19.7. The van der Waals surface area contributed by atoms with E-state index in [0.29, 0.717) is 62.8 Å². The van der Waals surface area contributed by atoms with Gasteiger partial charge in [-0.05, 0) is 163 Å². The number of carboxylic acids is 6. The fourth-order valence-corrected chi connectivity index (χ4v) is 9.76. The maximum atomic E-state index is 10.5. The number of nitrogens with zero attached hydrogens (tertiary/aromatic N) is 2. The standard InChI is InChI=1S/C10H22N2.2C10H16N2.2C7H10O3.C6H16N2.2C6H8O4.4Pt/c1-7(2)5-8-3-4-9(11)10(12)6-8;2*1-8(2)7-9(11)10-5-3-4-6-12-10;2*1-5(8)7(6(9)10)3-2-4-7;1-5(2)3-6(8)4-7;2*7-4(8)6(5(9)10)2-1-3-6;;;;/h7-10H,3-6,11-12H2,1-2H3;2*3-6,8-9H,7,11H2,1-2H3;2*8H,1-4H2,(H,9,10);5-6H,3-4,7-8H2,1-2H3;2*1-3H2,(H,7,8)(H,9,10);;;;. The number of hydrogen-bond donors (Lipinski definition) is 14. The van der Waals surface area contributed by atoms with Gasteiger partial charge in [0.1, 0.15) is 22.3 Å². The number of nitrogens with two attached hydrogens (primary N) is 6. The third-order valence-electron chi connectivity index (χ3n) is 15.9. The van der Waals surface area contributed by atoms with Crippen molar-refractivity contribution >= 4 is 35.8 Å². The second-order valence-electron chi connectivity index (χ2n) is 24.7. The minimum atomic E-state index is -1.44. The maximum Gasteiger partial charge on any atom is 0.321 e. The van der Waals surface area contributed by atoms with Gasteiger partial charge in [0.25, 0.3) is 0 Å². The predicted octanol–water partition coefficient (Wildman–Crippen LogP) is 9.33. The first-order chi connectivity index (χ1) is 39.0. The number of pyridine rings is 2. The van der Waals surface area contributed by atoms with E-state index in [1.165, 1.54) is 12.8 Å². The Kier molecular flexibility index (Phi) is 49.6. The molecule has 0 aliphatic heterocycles. The van der Waals surface area contributed by atoms with E-state index in [1.807, 2.05) is 36.4 Å². The Hall–Kier alpha value is -3.29. The molecule has 518 valence electrons. The zero-order valence-electron chi connectivity index (χ0n) is 52.6. The van der Waals surface area contributed by atoms with Gasteiger partial charge in [-0.3, -0.25) is 38.7 Å². The second kappa shape index (κ2) is 46.7. The average molecular weight is 1970 g/mol. The number of aromatic nitrogens is 2. The van der Waals surface area contributed by atoms with Crippen molar-refractivity contribution in [3.63, 3.8) is 0 Å². The maximum absolute atomic E-state index is 10.5. The molecule has 0 aromatic carbocycles. The predicted molar refractivity (Wildman–Crippen MR) is 325 cm³/mol. The Morgan fingerprint density at radius 2 is 0.773 bits per heavy atom. The molecule has 88 heavy (non-hydrogen) atoms. The topological polar surface area (TPSA) is 446 Å². The summed E-state index contributed by atoms with van der Waals surface area (Å²) in [7, 11) is 0. The quantitative estimate of drug-likeness (QED) is 0.0460. The summed E-state index contributed by atoms with van der Waals surface area (Å²) in [5.74, 6) is -3.56. The molecule has 0 spiro atoms. The van der Waals surface area contributed by atoms with E-state index in [0.717, 1.165) is 68.2 Å². The summed E-state index contributed by atoms with van der Waals surface area (Å²) in [6.45, 7) is 24.6. The van der Waals surface area contributed by atoms with Crippen molar-refractivity contribution in [2.24, 2.45) is 85.7 Å². The van der Waals surface area contributed by atoms with Crippen molar-refractivity contribution in [2.75, 3.05) is 6.54 Å². The van der Waals surface area contributed by atoms with E-state index in [-0.39, 0.29) is 152 Å². The van der Waals surface area contributed by atoms with E-state index in [9.17, 15) is 28.8 Å². The van der Waals surface area contributed by atoms with Crippen molar-refractivity contribution in [3.8, 4) is 0 Å². The number of hydrogen-bond acceptors (Lipinski definition) is 16. The first-order valence-electron chi connectivity index (χ1n) is 29.5. The molecule has 6 atom stereocenters. The van der Waals surface area contributed by atoms with E-state index < -0.39 is 57.5 Å². The molecule has 22 nitrogen and oxygen atoms in total. The summed E-state index contributed by atoms with van der Waals surface area (Å²) < 4.78 is 0.